The highest BCUT2D eigenvalue weighted by molar-refractivity contribution is 6.31. The molecule has 3 nitrogen and oxygen atoms in total. The quantitative estimate of drug-likeness (QED) is 0.900. The number of hydrogen-bond donors (Lipinski definition) is 1. The highest BCUT2D eigenvalue weighted by Gasteiger charge is 2.47. The summed E-state index contributed by atoms with van der Waals surface area (Å²) in [5.41, 5.74) is 0.512. The summed E-state index contributed by atoms with van der Waals surface area (Å²) >= 11 is 6.05. The van der Waals surface area contributed by atoms with Crippen molar-refractivity contribution >= 4 is 17.5 Å². The molecule has 0 aromatic heterocycles. The molecule has 1 saturated heterocycles. The summed E-state index contributed by atoms with van der Waals surface area (Å²) in [7, 11) is 0. The average Bonchev–Trinajstić information content (AvgIpc) is 3.19. The van der Waals surface area contributed by atoms with Crippen LogP contribution < -0.4 is 5.32 Å². The van der Waals surface area contributed by atoms with Crippen molar-refractivity contribution in [1.29, 1.82) is 0 Å². The van der Waals surface area contributed by atoms with E-state index in [2.05, 4.69) is 5.32 Å². The van der Waals surface area contributed by atoms with E-state index in [1.54, 1.807) is 12.1 Å². The van der Waals surface area contributed by atoms with Gasteiger partial charge in [-0.05, 0) is 18.6 Å². The normalized spacial score (nSPS) is 26.3. The lowest BCUT2D eigenvalue weighted by Gasteiger charge is -2.27. The summed E-state index contributed by atoms with van der Waals surface area (Å²) in [5.74, 6) is -0.289. The number of hydrogen-bond acceptors (Lipinski definition) is 2. The van der Waals surface area contributed by atoms with Gasteiger partial charge in [0.25, 0.3) is 0 Å². The number of benzene rings is 1. The van der Waals surface area contributed by atoms with E-state index >= 15 is 0 Å². The Morgan fingerprint density at radius 1 is 1.37 bits per heavy atom. The Kier molecular flexibility index (Phi) is 3.46. The predicted molar refractivity (Wildman–Crippen MR) is 71.7 cm³/mol. The van der Waals surface area contributed by atoms with Crippen LogP contribution in [0.25, 0.3) is 0 Å². The van der Waals surface area contributed by atoms with E-state index in [1.807, 2.05) is 4.90 Å². The number of halogens is 2. The van der Waals surface area contributed by atoms with Gasteiger partial charge in [-0.15, -0.1) is 0 Å². The first-order valence-corrected chi connectivity index (χ1v) is 6.99. The molecule has 2 fully saturated rings. The van der Waals surface area contributed by atoms with Gasteiger partial charge in [0.05, 0.1) is 0 Å². The Hall–Kier alpha value is -1.13. The molecule has 1 heterocycles. The fourth-order valence-corrected chi connectivity index (χ4v) is 3.07. The third-order valence-electron chi connectivity index (χ3n) is 3.91. The molecule has 0 bridgehead atoms. The second-order valence-electron chi connectivity index (χ2n) is 5.16. The molecule has 1 aromatic rings. The van der Waals surface area contributed by atoms with Crippen LogP contribution in [-0.4, -0.2) is 37.0 Å². The second kappa shape index (κ2) is 5.10. The van der Waals surface area contributed by atoms with Crippen LogP contribution >= 0.6 is 11.6 Å². The van der Waals surface area contributed by atoms with Gasteiger partial charge in [0, 0.05) is 48.6 Å². The molecule has 1 aliphatic carbocycles. The molecule has 102 valence electrons. The SMILES string of the molecule is O=C(C1CC1c1c(F)cccc1Cl)N1CCNCC1. The molecule has 5 heteroatoms. The van der Waals surface area contributed by atoms with Crippen LogP contribution in [0.3, 0.4) is 0 Å². The van der Waals surface area contributed by atoms with Crippen molar-refractivity contribution < 1.29 is 9.18 Å². The third-order valence-corrected chi connectivity index (χ3v) is 4.24. The summed E-state index contributed by atoms with van der Waals surface area (Å²) in [5, 5.41) is 3.65. The third kappa shape index (κ3) is 2.47. The lowest BCUT2D eigenvalue weighted by molar-refractivity contribution is -0.133. The zero-order valence-electron chi connectivity index (χ0n) is 10.5. The van der Waals surface area contributed by atoms with Crippen LogP contribution in [0.5, 0.6) is 0 Å². The van der Waals surface area contributed by atoms with Gasteiger partial charge in [0.15, 0.2) is 0 Å². The molecular formula is C14H16ClFN2O. The highest BCUT2D eigenvalue weighted by atomic mass is 35.5. The molecule has 19 heavy (non-hydrogen) atoms. The summed E-state index contributed by atoms with van der Waals surface area (Å²) in [4.78, 5) is 14.2. The molecule has 1 aromatic carbocycles. The highest BCUT2D eigenvalue weighted by Crippen LogP contribution is 2.51. The molecule has 1 aliphatic heterocycles. The van der Waals surface area contributed by atoms with Crippen molar-refractivity contribution in [3.63, 3.8) is 0 Å². The Labute approximate surface area is 116 Å². The molecule has 0 spiro atoms. The van der Waals surface area contributed by atoms with Crippen LogP contribution in [0.4, 0.5) is 4.39 Å². The van der Waals surface area contributed by atoms with Crippen LogP contribution in [0, 0.1) is 11.7 Å². The van der Waals surface area contributed by atoms with Gasteiger partial charge in [-0.25, -0.2) is 4.39 Å². The van der Waals surface area contributed by atoms with E-state index < -0.39 is 0 Å². The molecule has 1 amide bonds. The Balaban J connectivity index is 1.72. The number of carbonyl (C=O) groups is 1. The topological polar surface area (TPSA) is 32.3 Å². The van der Waals surface area contributed by atoms with Gasteiger partial charge in [0.1, 0.15) is 5.82 Å². The van der Waals surface area contributed by atoms with E-state index in [-0.39, 0.29) is 23.6 Å². The number of nitrogens with one attached hydrogen (secondary N) is 1. The minimum Gasteiger partial charge on any atom is -0.340 e. The fourth-order valence-electron chi connectivity index (χ4n) is 2.77. The van der Waals surface area contributed by atoms with Gasteiger partial charge in [0.2, 0.25) is 5.91 Å². The van der Waals surface area contributed by atoms with Gasteiger partial charge >= 0.3 is 0 Å². The summed E-state index contributed by atoms with van der Waals surface area (Å²) in [6.07, 6.45) is 0.712. The molecule has 2 aliphatic rings. The number of nitrogens with zero attached hydrogens (tertiary/aromatic N) is 1. The zero-order chi connectivity index (χ0) is 13.4. The second-order valence-corrected chi connectivity index (χ2v) is 5.57. The molecule has 1 N–H and O–H groups in total. The number of rotatable bonds is 2. The van der Waals surface area contributed by atoms with Crippen LogP contribution in [0.1, 0.15) is 17.9 Å². The van der Waals surface area contributed by atoms with Gasteiger partial charge in [-0.2, -0.15) is 0 Å². The minimum absolute atomic E-state index is 0.0453. The van der Waals surface area contributed by atoms with Crippen molar-refractivity contribution in [2.75, 3.05) is 26.2 Å². The molecule has 3 rings (SSSR count). The first-order valence-electron chi connectivity index (χ1n) is 6.62. The standard InChI is InChI=1S/C14H16ClFN2O/c15-11-2-1-3-12(16)13(11)9-8-10(9)14(19)18-6-4-17-5-7-18/h1-3,9-10,17H,4-8H2. The van der Waals surface area contributed by atoms with Crippen LogP contribution in [0.2, 0.25) is 5.02 Å². The number of amides is 1. The molecule has 1 saturated carbocycles. The number of piperazine rings is 1. The monoisotopic (exact) mass is 282 g/mol. The van der Waals surface area contributed by atoms with Crippen LogP contribution in [-0.2, 0) is 4.79 Å². The summed E-state index contributed by atoms with van der Waals surface area (Å²) in [6.45, 7) is 3.16. The minimum atomic E-state index is -0.298. The first-order chi connectivity index (χ1) is 9.18. The van der Waals surface area contributed by atoms with E-state index in [0.717, 1.165) is 26.2 Å². The Morgan fingerprint density at radius 2 is 2.11 bits per heavy atom. The molecular weight excluding hydrogens is 267 g/mol. The Morgan fingerprint density at radius 3 is 2.79 bits per heavy atom. The summed E-state index contributed by atoms with van der Waals surface area (Å²) in [6, 6.07) is 4.69. The van der Waals surface area contributed by atoms with Crippen molar-refractivity contribution in [2.24, 2.45) is 5.92 Å². The summed E-state index contributed by atoms with van der Waals surface area (Å²) < 4.78 is 13.8. The van der Waals surface area contributed by atoms with E-state index in [9.17, 15) is 9.18 Å². The average molecular weight is 283 g/mol. The maximum atomic E-state index is 13.8. The molecule has 2 atom stereocenters. The fraction of sp³-hybridized carbons (Fsp3) is 0.500. The van der Waals surface area contributed by atoms with E-state index in [1.165, 1.54) is 6.07 Å². The predicted octanol–water partition coefficient (Wildman–Crippen LogP) is 2.01. The maximum absolute atomic E-state index is 13.8. The van der Waals surface area contributed by atoms with Crippen LogP contribution in [0.15, 0.2) is 18.2 Å². The van der Waals surface area contributed by atoms with E-state index in [4.69, 9.17) is 11.6 Å². The van der Waals surface area contributed by atoms with Crippen molar-refractivity contribution in [3.8, 4) is 0 Å². The molecule has 0 radical (unpaired) electrons. The van der Waals surface area contributed by atoms with Gasteiger partial charge in [-0.1, -0.05) is 17.7 Å². The van der Waals surface area contributed by atoms with Crippen molar-refractivity contribution in [1.82, 2.24) is 10.2 Å². The van der Waals surface area contributed by atoms with Crippen molar-refractivity contribution in [2.45, 2.75) is 12.3 Å². The molecule has 2 unspecified atom stereocenters. The maximum Gasteiger partial charge on any atom is 0.226 e. The van der Waals surface area contributed by atoms with Crippen molar-refractivity contribution in [3.05, 3.63) is 34.6 Å². The lowest BCUT2D eigenvalue weighted by atomic mass is 10.1. The zero-order valence-corrected chi connectivity index (χ0v) is 11.3. The van der Waals surface area contributed by atoms with Gasteiger partial charge < -0.3 is 10.2 Å². The van der Waals surface area contributed by atoms with E-state index in [0.29, 0.717) is 17.0 Å². The number of carbonyl (C=O) groups excluding carboxylic acids is 1. The van der Waals surface area contributed by atoms with Gasteiger partial charge in [-0.3, -0.25) is 4.79 Å². The first kappa shape index (κ1) is 12.9. The largest absolute Gasteiger partial charge is 0.340 e. The lowest BCUT2D eigenvalue weighted by Crippen LogP contribution is -2.47. The Bertz CT molecular complexity index is 482. The smallest absolute Gasteiger partial charge is 0.226 e.